The molecule has 32 heavy (non-hydrogen) atoms. The van der Waals surface area contributed by atoms with Gasteiger partial charge >= 0.3 is 0 Å². The lowest BCUT2D eigenvalue weighted by atomic mass is 9.91. The molecule has 0 bridgehead atoms. The van der Waals surface area contributed by atoms with Crippen LogP contribution in [0.5, 0.6) is 0 Å². The van der Waals surface area contributed by atoms with Gasteiger partial charge in [-0.2, -0.15) is 4.31 Å². The van der Waals surface area contributed by atoms with Gasteiger partial charge in [-0.05, 0) is 63.6 Å². The zero-order valence-electron chi connectivity index (χ0n) is 19.2. The van der Waals surface area contributed by atoms with Crippen LogP contribution >= 0.6 is 0 Å². The number of carbonyl (C=O) groups excluding carboxylic acids is 1. The number of aryl methyl sites for hydroxylation is 1. The Morgan fingerprint density at radius 1 is 0.938 bits per heavy atom. The molecule has 3 aliphatic rings. The van der Waals surface area contributed by atoms with E-state index in [9.17, 15) is 13.2 Å². The van der Waals surface area contributed by atoms with Crippen molar-refractivity contribution in [1.29, 1.82) is 0 Å². The molecule has 3 saturated heterocycles. The number of benzene rings is 1. The van der Waals surface area contributed by atoms with Gasteiger partial charge in [0, 0.05) is 45.2 Å². The van der Waals surface area contributed by atoms with Crippen molar-refractivity contribution in [3.8, 4) is 0 Å². The van der Waals surface area contributed by atoms with Gasteiger partial charge in [0.2, 0.25) is 15.9 Å². The Morgan fingerprint density at radius 3 is 2.19 bits per heavy atom. The van der Waals surface area contributed by atoms with Crippen molar-refractivity contribution >= 4 is 15.9 Å². The van der Waals surface area contributed by atoms with Gasteiger partial charge in [-0.25, -0.2) is 8.42 Å². The van der Waals surface area contributed by atoms with E-state index >= 15 is 0 Å². The maximum absolute atomic E-state index is 13.1. The maximum atomic E-state index is 13.1. The fourth-order valence-corrected chi connectivity index (χ4v) is 6.56. The van der Waals surface area contributed by atoms with Crippen molar-refractivity contribution in [2.45, 2.75) is 43.9 Å². The van der Waals surface area contributed by atoms with Crippen LogP contribution in [0.1, 0.15) is 37.7 Å². The predicted molar refractivity (Wildman–Crippen MR) is 124 cm³/mol. The number of morpholine rings is 1. The fourth-order valence-electron chi connectivity index (χ4n) is 5.09. The van der Waals surface area contributed by atoms with Crippen LogP contribution in [0.4, 0.5) is 0 Å². The van der Waals surface area contributed by atoms with Gasteiger partial charge in [-0.3, -0.25) is 9.69 Å². The summed E-state index contributed by atoms with van der Waals surface area (Å²) in [5.41, 5.74) is 1.04. The summed E-state index contributed by atoms with van der Waals surface area (Å²) in [6.45, 7) is 9.37. The summed E-state index contributed by atoms with van der Waals surface area (Å²) in [6.07, 6.45) is 4.59. The van der Waals surface area contributed by atoms with Crippen molar-refractivity contribution < 1.29 is 17.9 Å². The molecule has 0 aromatic heterocycles. The van der Waals surface area contributed by atoms with Crippen molar-refractivity contribution in [3.05, 3.63) is 29.8 Å². The van der Waals surface area contributed by atoms with E-state index in [2.05, 4.69) is 4.90 Å². The number of ether oxygens (including phenoxy) is 1. The molecule has 3 fully saturated rings. The second-order valence-corrected chi connectivity index (χ2v) is 11.4. The van der Waals surface area contributed by atoms with Crippen LogP contribution in [0.3, 0.4) is 0 Å². The third-order valence-electron chi connectivity index (χ3n) is 7.35. The van der Waals surface area contributed by atoms with E-state index in [1.807, 2.05) is 24.0 Å². The van der Waals surface area contributed by atoms with E-state index in [1.165, 1.54) is 6.42 Å². The summed E-state index contributed by atoms with van der Waals surface area (Å²) in [7, 11) is -3.48. The zero-order chi connectivity index (χ0) is 22.6. The lowest BCUT2D eigenvalue weighted by Gasteiger charge is -2.37. The molecule has 1 aromatic rings. The Hall–Kier alpha value is -1.48. The van der Waals surface area contributed by atoms with Crippen molar-refractivity contribution in [3.63, 3.8) is 0 Å². The smallest absolute Gasteiger partial charge is 0.243 e. The molecule has 0 radical (unpaired) electrons. The summed E-state index contributed by atoms with van der Waals surface area (Å²) in [6, 6.07) is 7.00. The Bertz CT molecular complexity index is 852. The highest BCUT2D eigenvalue weighted by Crippen LogP contribution is 2.28. The molecule has 0 N–H and O–H groups in total. The molecule has 0 spiro atoms. The molecular weight excluding hydrogens is 426 g/mol. The first-order chi connectivity index (χ1) is 15.4. The van der Waals surface area contributed by atoms with Gasteiger partial charge in [0.15, 0.2) is 0 Å². The Balaban J connectivity index is 1.21. The van der Waals surface area contributed by atoms with Crippen LogP contribution in [0.2, 0.25) is 0 Å². The average molecular weight is 464 g/mol. The number of likely N-dealkylation sites (tertiary alicyclic amines) is 1. The average Bonchev–Trinajstić information content (AvgIpc) is 2.84. The highest BCUT2D eigenvalue weighted by molar-refractivity contribution is 7.89. The van der Waals surface area contributed by atoms with Crippen molar-refractivity contribution in [2.75, 3.05) is 59.0 Å². The fraction of sp³-hybridized carbons (Fsp3) is 0.708. The number of hydrogen-bond donors (Lipinski definition) is 0. The van der Waals surface area contributed by atoms with E-state index in [4.69, 9.17) is 4.74 Å². The monoisotopic (exact) mass is 463 g/mol. The van der Waals surface area contributed by atoms with E-state index < -0.39 is 10.0 Å². The maximum Gasteiger partial charge on any atom is 0.243 e. The van der Waals surface area contributed by atoms with Crippen LogP contribution in [0, 0.1) is 18.8 Å². The Labute approximate surface area is 192 Å². The quantitative estimate of drug-likeness (QED) is 0.648. The first kappa shape index (κ1) is 23.7. The van der Waals surface area contributed by atoms with Crippen LogP contribution in [-0.4, -0.2) is 87.5 Å². The highest BCUT2D eigenvalue weighted by Gasteiger charge is 2.34. The summed E-state index contributed by atoms with van der Waals surface area (Å²) in [5, 5.41) is 0. The summed E-state index contributed by atoms with van der Waals surface area (Å²) >= 11 is 0. The third kappa shape index (κ3) is 5.71. The minimum Gasteiger partial charge on any atom is -0.379 e. The van der Waals surface area contributed by atoms with Crippen LogP contribution in [-0.2, 0) is 19.6 Å². The normalized spacial score (nSPS) is 22.8. The summed E-state index contributed by atoms with van der Waals surface area (Å²) in [4.78, 5) is 17.9. The predicted octanol–water partition coefficient (Wildman–Crippen LogP) is 2.36. The molecule has 3 heterocycles. The van der Waals surface area contributed by atoms with E-state index in [-0.39, 0.29) is 11.8 Å². The molecule has 0 unspecified atom stereocenters. The SMILES string of the molecule is Cc1ccc(S(=O)(=O)N2CCC(C(=O)N3CCC(CCN4CCOCC4)CC3)CC2)cc1. The minimum atomic E-state index is -3.48. The molecule has 7 nitrogen and oxygen atoms in total. The molecule has 1 aromatic carbocycles. The number of rotatable bonds is 6. The Kier molecular flexibility index (Phi) is 7.87. The van der Waals surface area contributed by atoms with Crippen LogP contribution in [0.15, 0.2) is 29.2 Å². The van der Waals surface area contributed by atoms with Crippen molar-refractivity contribution in [1.82, 2.24) is 14.1 Å². The molecule has 3 aliphatic heterocycles. The molecule has 178 valence electrons. The minimum absolute atomic E-state index is 0.0515. The molecular formula is C24H37N3O4S. The Morgan fingerprint density at radius 2 is 1.56 bits per heavy atom. The van der Waals surface area contributed by atoms with E-state index in [0.29, 0.717) is 36.7 Å². The second kappa shape index (κ2) is 10.6. The molecule has 0 atom stereocenters. The van der Waals surface area contributed by atoms with Crippen molar-refractivity contribution in [2.24, 2.45) is 11.8 Å². The topological polar surface area (TPSA) is 70.2 Å². The van der Waals surface area contributed by atoms with Gasteiger partial charge in [-0.15, -0.1) is 0 Å². The second-order valence-electron chi connectivity index (χ2n) is 9.50. The standard InChI is InChI=1S/C24H37N3O4S/c1-20-2-4-23(5-3-20)32(29,30)27-14-9-22(10-15-27)24(28)26-12-7-21(8-13-26)6-11-25-16-18-31-19-17-25/h2-5,21-22H,6-19H2,1H3. The zero-order valence-corrected chi connectivity index (χ0v) is 20.1. The lowest BCUT2D eigenvalue weighted by molar-refractivity contribution is -0.138. The first-order valence-corrected chi connectivity index (χ1v) is 13.5. The number of amides is 1. The number of hydrogen-bond acceptors (Lipinski definition) is 5. The van der Waals surface area contributed by atoms with Gasteiger partial charge in [0.1, 0.15) is 0 Å². The molecule has 1 amide bonds. The largest absolute Gasteiger partial charge is 0.379 e. The van der Waals surface area contributed by atoms with Gasteiger partial charge in [0.05, 0.1) is 18.1 Å². The van der Waals surface area contributed by atoms with Crippen LogP contribution in [0.25, 0.3) is 0 Å². The van der Waals surface area contributed by atoms with E-state index in [0.717, 1.165) is 64.3 Å². The summed E-state index contributed by atoms with van der Waals surface area (Å²) in [5.74, 6) is 0.872. The third-order valence-corrected chi connectivity index (χ3v) is 9.26. The molecule has 4 rings (SSSR count). The van der Waals surface area contributed by atoms with Crippen LogP contribution < -0.4 is 0 Å². The first-order valence-electron chi connectivity index (χ1n) is 12.1. The van der Waals surface area contributed by atoms with Gasteiger partial charge < -0.3 is 9.64 Å². The number of carbonyl (C=O) groups is 1. The number of sulfonamides is 1. The lowest BCUT2D eigenvalue weighted by Crippen LogP contribution is -2.46. The van der Waals surface area contributed by atoms with E-state index in [1.54, 1.807) is 16.4 Å². The van der Waals surface area contributed by atoms with Gasteiger partial charge in [-0.1, -0.05) is 17.7 Å². The molecule has 0 aliphatic carbocycles. The highest BCUT2D eigenvalue weighted by atomic mass is 32.2. The molecule has 0 saturated carbocycles. The molecule has 8 heteroatoms. The number of nitrogens with zero attached hydrogens (tertiary/aromatic N) is 3. The van der Waals surface area contributed by atoms with Gasteiger partial charge in [0.25, 0.3) is 0 Å². The summed E-state index contributed by atoms with van der Waals surface area (Å²) < 4.78 is 32.8. The number of piperidine rings is 2.